The van der Waals surface area contributed by atoms with E-state index < -0.39 is 0 Å². The second kappa shape index (κ2) is 6.06. The molecule has 0 spiro atoms. The van der Waals surface area contributed by atoms with Gasteiger partial charge in [-0.05, 0) is 13.8 Å². The predicted octanol–water partition coefficient (Wildman–Crippen LogP) is 1.06. The molecule has 0 atom stereocenters. The standard InChI is InChI=1S/C13H23N5O/c1-10(2)17-5-7-18(8-6-17)13-11(19-4)12(14-3)15-9-16-13/h9-10H,5-8H2,1-4H3,(H,14,15,16). The van der Waals surface area contributed by atoms with Crippen LogP contribution in [0.3, 0.4) is 0 Å². The van der Waals surface area contributed by atoms with Crippen LogP contribution in [0.25, 0.3) is 0 Å². The molecule has 0 amide bonds. The Bertz CT molecular complexity index is 415. The van der Waals surface area contributed by atoms with Gasteiger partial charge in [-0.1, -0.05) is 0 Å². The summed E-state index contributed by atoms with van der Waals surface area (Å²) in [7, 11) is 3.50. The molecule has 0 unspecified atom stereocenters. The van der Waals surface area contributed by atoms with Crippen LogP contribution in [-0.4, -0.2) is 61.2 Å². The summed E-state index contributed by atoms with van der Waals surface area (Å²) in [5, 5.41) is 3.04. The van der Waals surface area contributed by atoms with E-state index in [1.165, 1.54) is 0 Å². The molecule has 0 aromatic carbocycles. The Balaban J connectivity index is 2.15. The van der Waals surface area contributed by atoms with Crippen molar-refractivity contribution in [1.29, 1.82) is 0 Å². The second-order valence-corrected chi connectivity index (χ2v) is 4.95. The summed E-state index contributed by atoms with van der Waals surface area (Å²) >= 11 is 0. The van der Waals surface area contributed by atoms with Gasteiger partial charge >= 0.3 is 0 Å². The second-order valence-electron chi connectivity index (χ2n) is 4.95. The minimum atomic E-state index is 0.599. The van der Waals surface area contributed by atoms with E-state index in [-0.39, 0.29) is 0 Å². The van der Waals surface area contributed by atoms with Crippen molar-refractivity contribution in [1.82, 2.24) is 14.9 Å². The van der Waals surface area contributed by atoms with Crippen LogP contribution in [0.2, 0.25) is 0 Å². The number of rotatable bonds is 4. The lowest BCUT2D eigenvalue weighted by Gasteiger charge is -2.37. The third-order valence-electron chi connectivity index (χ3n) is 3.57. The Morgan fingerprint density at radius 2 is 1.89 bits per heavy atom. The third kappa shape index (κ3) is 2.89. The average molecular weight is 265 g/mol. The van der Waals surface area contributed by atoms with Crippen LogP contribution in [0.1, 0.15) is 13.8 Å². The van der Waals surface area contributed by atoms with Crippen molar-refractivity contribution < 1.29 is 4.74 Å². The van der Waals surface area contributed by atoms with Crippen LogP contribution in [0.5, 0.6) is 5.75 Å². The van der Waals surface area contributed by atoms with E-state index in [0.717, 1.165) is 43.6 Å². The molecule has 1 aliphatic rings. The highest BCUT2D eigenvalue weighted by atomic mass is 16.5. The normalized spacial score (nSPS) is 16.8. The van der Waals surface area contributed by atoms with Gasteiger partial charge in [0.25, 0.3) is 0 Å². The van der Waals surface area contributed by atoms with Gasteiger partial charge in [-0.25, -0.2) is 9.97 Å². The van der Waals surface area contributed by atoms with Crippen molar-refractivity contribution >= 4 is 11.6 Å². The molecule has 2 heterocycles. The lowest BCUT2D eigenvalue weighted by Crippen LogP contribution is -2.49. The fourth-order valence-corrected chi connectivity index (χ4v) is 2.41. The predicted molar refractivity (Wildman–Crippen MR) is 77.1 cm³/mol. The Hall–Kier alpha value is -1.56. The summed E-state index contributed by atoms with van der Waals surface area (Å²) in [6, 6.07) is 0.599. The van der Waals surface area contributed by atoms with Gasteiger partial charge in [-0.3, -0.25) is 4.90 Å². The van der Waals surface area contributed by atoms with Crippen molar-refractivity contribution in [2.75, 3.05) is 50.6 Å². The van der Waals surface area contributed by atoms with Crippen LogP contribution in [0.15, 0.2) is 6.33 Å². The highest BCUT2D eigenvalue weighted by molar-refractivity contribution is 5.64. The summed E-state index contributed by atoms with van der Waals surface area (Å²) < 4.78 is 5.45. The molecule has 2 rings (SSSR count). The van der Waals surface area contributed by atoms with E-state index in [9.17, 15) is 0 Å². The molecule has 0 saturated carbocycles. The molecule has 0 radical (unpaired) electrons. The Morgan fingerprint density at radius 3 is 2.42 bits per heavy atom. The van der Waals surface area contributed by atoms with E-state index in [4.69, 9.17) is 4.74 Å². The van der Waals surface area contributed by atoms with Crippen LogP contribution in [0, 0.1) is 0 Å². The first-order valence-corrected chi connectivity index (χ1v) is 6.73. The van der Waals surface area contributed by atoms with Crippen LogP contribution < -0.4 is 15.0 Å². The molecule has 1 aliphatic heterocycles. The Morgan fingerprint density at radius 1 is 1.21 bits per heavy atom. The summed E-state index contributed by atoms with van der Waals surface area (Å²) in [5.74, 6) is 2.34. The maximum Gasteiger partial charge on any atom is 0.204 e. The molecule has 6 nitrogen and oxygen atoms in total. The molecular formula is C13H23N5O. The van der Waals surface area contributed by atoms with E-state index in [0.29, 0.717) is 6.04 Å². The fraction of sp³-hybridized carbons (Fsp3) is 0.692. The zero-order valence-corrected chi connectivity index (χ0v) is 12.2. The summed E-state index contributed by atoms with van der Waals surface area (Å²) in [5.41, 5.74) is 0. The van der Waals surface area contributed by atoms with Crippen molar-refractivity contribution in [3.63, 3.8) is 0 Å². The van der Waals surface area contributed by atoms with Gasteiger partial charge in [0.05, 0.1) is 7.11 Å². The molecule has 1 aromatic rings. The number of nitrogens with one attached hydrogen (secondary N) is 1. The number of hydrogen-bond acceptors (Lipinski definition) is 6. The molecule has 0 aliphatic carbocycles. The number of anilines is 2. The van der Waals surface area contributed by atoms with Crippen molar-refractivity contribution in [2.24, 2.45) is 0 Å². The number of ether oxygens (including phenoxy) is 1. The summed E-state index contributed by atoms with van der Waals surface area (Å²) in [4.78, 5) is 13.3. The smallest absolute Gasteiger partial charge is 0.204 e. The van der Waals surface area contributed by atoms with Crippen LogP contribution in [-0.2, 0) is 0 Å². The van der Waals surface area contributed by atoms with Gasteiger partial charge in [0.15, 0.2) is 11.6 Å². The Labute approximate surface area is 114 Å². The molecule has 1 fully saturated rings. The van der Waals surface area contributed by atoms with Gasteiger partial charge < -0.3 is 15.0 Å². The van der Waals surface area contributed by atoms with Crippen molar-refractivity contribution in [2.45, 2.75) is 19.9 Å². The van der Waals surface area contributed by atoms with E-state index in [1.807, 2.05) is 7.05 Å². The number of nitrogens with zero attached hydrogens (tertiary/aromatic N) is 4. The third-order valence-corrected chi connectivity index (χ3v) is 3.57. The van der Waals surface area contributed by atoms with E-state index >= 15 is 0 Å². The minimum Gasteiger partial charge on any atom is -0.490 e. The van der Waals surface area contributed by atoms with E-state index in [1.54, 1.807) is 13.4 Å². The fourth-order valence-electron chi connectivity index (χ4n) is 2.41. The largest absolute Gasteiger partial charge is 0.490 e. The molecular weight excluding hydrogens is 242 g/mol. The highest BCUT2D eigenvalue weighted by Crippen LogP contribution is 2.32. The number of aromatic nitrogens is 2. The topological polar surface area (TPSA) is 53.5 Å². The van der Waals surface area contributed by atoms with Gasteiger partial charge in [0.1, 0.15) is 6.33 Å². The highest BCUT2D eigenvalue weighted by Gasteiger charge is 2.23. The first-order chi connectivity index (χ1) is 9.17. The Kier molecular flexibility index (Phi) is 4.42. The molecule has 106 valence electrons. The molecule has 0 bridgehead atoms. The minimum absolute atomic E-state index is 0.599. The summed E-state index contributed by atoms with van der Waals surface area (Å²) in [6.45, 7) is 8.52. The maximum absolute atomic E-state index is 5.45. The number of methoxy groups -OCH3 is 1. The monoisotopic (exact) mass is 265 g/mol. The van der Waals surface area contributed by atoms with Crippen molar-refractivity contribution in [3.8, 4) is 5.75 Å². The average Bonchev–Trinajstić information content (AvgIpc) is 2.46. The van der Waals surface area contributed by atoms with Crippen LogP contribution >= 0.6 is 0 Å². The zero-order chi connectivity index (χ0) is 13.8. The lowest BCUT2D eigenvalue weighted by atomic mass is 10.2. The SMILES string of the molecule is CNc1ncnc(N2CCN(C(C)C)CC2)c1OC. The maximum atomic E-state index is 5.45. The first-order valence-electron chi connectivity index (χ1n) is 6.73. The van der Waals surface area contributed by atoms with Crippen LogP contribution in [0.4, 0.5) is 11.6 Å². The number of hydrogen-bond donors (Lipinski definition) is 1. The van der Waals surface area contributed by atoms with Gasteiger partial charge in [0, 0.05) is 39.3 Å². The molecule has 1 N–H and O–H groups in total. The zero-order valence-electron chi connectivity index (χ0n) is 12.2. The van der Waals surface area contributed by atoms with Crippen molar-refractivity contribution in [3.05, 3.63) is 6.33 Å². The molecule has 19 heavy (non-hydrogen) atoms. The summed E-state index contributed by atoms with van der Waals surface area (Å²) in [6.07, 6.45) is 1.58. The molecule has 1 saturated heterocycles. The lowest BCUT2D eigenvalue weighted by molar-refractivity contribution is 0.208. The molecule has 1 aromatic heterocycles. The number of piperazine rings is 1. The van der Waals surface area contributed by atoms with E-state index in [2.05, 4.69) is 38.9 Å². The van der Waals surface area contributed by atoms with Gasteiger partial charge in [-0.2, -0.15) is 0 Å². The van der Waals surface area contributed by atoms with Gasteiger partial charge in [0.2, 0.25) is 5.75 Å². The first kappa shape index (κ1) is 13.9. The van der Waals surface area contributed by atoms with Gasteiger partial charge in [-0.15, -0.1) is 0 Å². The quantitative estimate of drug-likeness (QED) is 0.878. The molecule has 6 heteroatoms.